The Morgan fingerprint density at radius 1 is 1.28 bits per heavy atom. The van der Waals surface area contributed by atoms with Crippen molar-refractivity contribution >= 4 is 66.2 Å². The maximum Gasteiger partial charge on any atom is 0.289 e. The summed E-state index contributed by atoms with van der Waals surface area (Å²) in [5, 5.41) is 12.3. The highest BCUT2D eigenvalue weighted by atomic mass is 35.5. The number of hydrogen-bond acceptors (Lipinski definition) is 5. The lowest BCUT2D eigenvalue weighted by molar-refractivity contribution is -0.384. The van der Waals surface area contributed by atoms with Gasteiger partial charge in [-0.25, -0.2) is 0 Å². The third kappa shape index (κ3) is 3.50. The van der Waals surface area contributed by atoms with E-state index in [1.54, 1.807) is 18.2 Å². The van der Waals surface area contributed by atoms with E-state index in [1.165, 1.54) is 34.8 Å². The number of non-ortho nitro benzene ring substituents is 1. The van der Waals surface area contributed by atoms with Gasteiger partial charge in [-0.3, -0.25) is 14.9 Å². The summed E-state index contributed by atoms with van der Waals surface area (Å²) in [4.78, 5) is 28.7. The first kappa shape index (κ1) is 19.5. The number of amides is 1. The number of rotatable bonds is 4. The van der Waals surface area contributed by atoms with Crippen LogP contribution < -0.4 is 4.80 Å². The summed E-state index contributed by atoms with van der Waals surface area (Å²) < 4.78 is 3.70. The van der Waals surface area contributed by atoms with E-state index in [-0.39, 0.29) is 11.6 Å². The second-order valence-corrected chi connectivity index (χ2v) is 8.81. The third-order valence-corrected chi connectivity index (χ3v) is 7.02. The largest absolute Gasteiger partial charge is 0.312 e. The molecule has 146 valence electrons. The van der Waals surface area contributed by atoms with Crippen LogP contribution in [0, 0.1) is 17.0 Å². The minimum absolute atomic E-state index is 0.00748. The first-order chi connectivity index (χ1) is 13.9. The van der Waals surface area contributed by atoms with E-state index in [1.807, 2.05) is 23.6 Å². The maximum atomic E-state index is 12.8. The first-order valence-corrected chi connectivity index (χ1v) is 10.6. The second-order valence-electron chi connectivity index (χ2n) is 6.31. The molecule has 0 N–H and O–H groups in total. The van der Waals surface area contributed by atoms with E-state index in [9.17, 15) is 14.9 Å². The molecule has 0 radical (unpaired) electrons. The van der Waals surface area contributed by atoms with E-state index < -0.39 is 4.92 Å². The van der Waals surface area contributed by atoms with Gasteiger partial charge in [0.15, 0.2) is 4.80 Å². The van der Waals surface area contributed by atoms with Crippen LogP contribution in [-0.4, -0.2) is 15.4 Å². The van der Waals surface area contributed by atoms with Crippen LogP contribution in [-0.2, 0) is 6.54 Å². The van der Waals surface area contributed by atoms with Crippen molar-refractivity contribution in [1.82, 2.24) is 4.57 Å². The van der Waals surface area contributed by atoms with Crippen molar-refractivity contribution in [2.24, 2.45) is 4.99 Å². The summed E-state index contributed by atoms with van der Waals surface area (Å²) in [5.41, 5.74) is 1.85. The van der Waals surface area contributed by atoms with Gasteiger partial charge in [0.1, 0.15) is 0 Å². The lowest BCUT2D eigenvalue weighted by Crippen LogP contribution is -2.16. The smallest absolute Gasteiger partial charge is 0.289 e. The molecule has 0 unspecified atom stereocenters. The number of fused-ring (bicyclic) bond motifs is 2. The van der Waals surface area contributed by atoms with Crippen molar-refractivity contribution < 1.29 is 9.72 Å². The normalized spacial score (nSPS) is 12.0. The number of allylic oxidation sites excluding steroid dienone is 1. The van der Waals surface area contributed by atoms with Gasteiger partial charge in [0.25, 0.3) is 11.6 Å². The molecule has 0 aliphatic heterocycles. The molecule has 0 fully saturated rings. The van der Waals surface area contributed by atoms with Crippen molar-refractivity contribution in [2.75, 3.05) is 0 Å². The summed E-state index contributed by atoms with van der Waals surface area (Å²) in [6.45, 7) is 6.22. The van der Waals surface area contributed by atoms with Crippen molar-refractivity contribution in [2.45, 2.75) is 13.5 Å². The molecule has 1 amide bonds. The van der Waals surface area contributed by atoms with Gasteiger partial charge in [-0.1, -0.05) is 29.0 Å². The van der Waals surface area contributed by atoms with Crippen LogP contribution in [0.2, 0.25) is 5.02 Å². The summed E-state index contributed by atoms with van der Waals surface area (Å²) in [7, 11) is 0. The number of benzene rings is 2. The second kappa shape index (κ2) is 7.55. The fraction of sp³-hybridized carbons (Fsp3) is 0.100. The number of carbonyl (C=O) groups excluding carboxylic acids is 1. The number of hydrogen-bond donors (Lipinski definition) is 0. The van der Waals surface area contributed by atoms with Crippen molar-refractivity contribution in [3.8, 4) is 0 Å². The minimum atomic E-state index is -0.453. The van der Waals surface area contributed by atoms with Crippen molar-refractivity contribution in [3.05, 3.63) is 79.4 Å². The van der Waals surface area contributed by atoms with Gasteiger partial charge in [-0.15, -0.1) is 17.9 Å². The van der Waals surface area contributed by atoms with Crippen LogP contribution in [0.5, 0.6) is 0 Å². The molecule has 4 rings (SSSR count). The standard InChI is InChI=1S/C20H14ClN3O3S2/c1-3-8-23-18-11(2)14(21)5-7-16(18)29-20(23)22-19(25)17-10-12-9-13(24(26)27)4-6-15(12)28-17/h3-7,9-10H,1,8H2,2H3. The van der Waals surface area contributed by atoms with E-state index >= 15 is 0 Å². The van der Waals surface area contributed by atoms with E-state index in [0.717, 1.165) is 20.5 Å². The van der Waals surface area contributed by atoms with E-state index in [2.05, 4.69) is 11.6 Å². The Bertz CT molecular complexity index is 1380. The van der Waals surface area contributed by atoms with Gasteiger partial charge in [-0.2, -0.15) is 4.99 Å². The quantitative estimate of drug-likeness (QED) is 0.230. The zero-order valence-corrected chi connectivity index (χ0v) is 17.6. The third-order valence-electron chi connectivity index (χ3n) is 4.46. The number of thiazole rings is 1. The number of nitro groups is 1. The Hall–Kier alpha value is -2.81. The number of aryl methyl sites for hydroxylation is 1. The van der Waals surface area contributed by atoms with Gasteiger partial charge in [0, 0.05) is 33.8 Å². The van der Waals surface area contributed by atoms with Gasteiger partial charge in [0.05, 0.1) is 20.0 Å². The van der Waals surface area contributed by atoms with Crippen LogP contribution in [0.25, 0.3) is 20.3 Å². The van der Waals surface area contributed by atoms with Gasteiger partial charge in [-0.05, 0) is 36.8 Å². The lowest BCUT2D eigenvalue weighted by Gasteiger charge is -2.05. The lowest BCUT2D eigenvalue weighted by atomic mass is 10.2. The number of nitro benzene ring substituents is 1. The Labute approximate surface area is 178 Å². The molecular weight excluding hydrogens is 430 g/mol. The molecule has 29 heavy (non-hydrogen) atoms. The molecule has 0 saturated carbocycles. The molecule has 6 nitrogen and oxygen atoms in total. The fourth-order valence-electron chi connectivity index (χ4n) is 3.09. The molecular formula is C20H14ClN3O3S2. The molecule has 0 saturated heterocycles. The average Bonchev–Trinajstić information content (AvgIpc) is 3.26. The minimum Gasteiger partial charge on any atom is -0.312 e. The fourth-order valence-corrected chi connectivity index (χ4v) is 5.27. The Morgan fingerprint density at radius 2 is 2.03 bits per heavy atom. The predicted molar refractivity (Wildman–Crippen MR) is 118 cm³/mol. The van der Waals surface area contributed by atoms with Crippen LogP contribution in [0.1, 0.15) is 15.2 Å². The topological polar surface area (TPSA) is 77.5 Å². The predicted octanol–water partition coefficient (Wildman–Crippen LogP) is 5.71. The van der Waals surface area contributed by atoms with Crippen LogP contribution in [0.3, 0.4) is 0 Å². The van der Waals surface area contributed by atoms with Crippen LogP contribution in [0.15, 0.2) is 54.0 Å². The Morgan fingerprint density at radius 3 is 2.76 bits per heavy atom. The summed E-state index contributed by atoms with van der Waals surface area (Å²) in [6.07, 6.45) is 1.74. The Kier molecular flexibility index (Phi) is 5.08. The average molecular weight is 444 g/mol. The monoisotopic (exact) mass is 443 g/mol. The molecule has 9 heteroatoms. The molecule has 2 aromatic carbocycles. The van der Waals surface area contributed by atoms with Crippen molar-refractivity contribution in [1.29, 1.82) is 0 Å². The number of nitrogens with zero attached hydrogens (tertiary/aromatic N) is 3. The molecule has 2 aromatic heterocycles. The highest BCUT2D eigenvalue weighted by Gasteiger charge is 2.15. The number of aromatic nitrogens is 1. The van der Waals surface area contributed by atoms with E-state index in [4.69, 9.17) is 11.6 Å². The summed E-state index contributed by atoms with van der Waals surface area (Å²) >= 11 is 8.94. The van der Waals surface area contributed by atoms with E-state index in [0.29, 0.717) is 26.6 Å². The number of carbonyl (C=O) groups is 1. The number of halogens is 1. The van der Waals surface area contributed by atoms with Crippen molar-refractivity contribution in [3.63, 3.8) is 0 Å². The zero-order valence-electron chi connectivity index (χ0n) is 15.2. The molecule has 0 aliphatic carbocycles. The van der Waals surface area contributed by atoms with Crippen LogP contribution in [0.4, 0.5) is 5.69 Å². The maximum absolute atomic E-state index is 12.8. The van der Waals surface area contributed by atoms with Gasteiger partial charge in [0.2, 0.25) is 0 Å². The Balaban J connectivity index is 1.84. The summed E-state index contributed by atoms with van der Waals surface area (Å²) in [5.74, 6) is -0.387. The molecule has 0 aliphatic rings. The molecule has 2 heterocycles. The first-order valence-electron chi connectivity index (χ1n) is 8.55. The van der Waals surface area contributed by atoms with Gasteiger partial charge >= 0.3 is 0 Å². The molecule has 4 aromatic rings. The molecule has 0 bridgehead atoms. The number of thiophene rings is 1. The van der Waals surface area contributed by atoms with Crippen LogP contribution >= 0.6 is 34.3 Å². The summed E-state index contributed by atoms with van der Waals surface area (Å²) in [6, 6.07) is 9.94. The molecule has 0 spiro atoms. The molecule has 0 atom stereocenters. The zero-order chi connectivity index (χ0) is 20.7. The highest BCUT2D eigenvalue weighted by molar-refractivity contribution is 7.21. The van der Waals surface area contributed by atoms with Gasteiger partial charge < -0.3 is 4.57 Å². The SMILES string of the molecule is C=CCn1c(=NC(=O)c2cc3cc([N+](=O)[O-])ccc3s2)sc2ccc(Cl)c(C)c21. The highest BCUT2D eigenvalue weighted by Crippen LogP contribution is 2.30.